The summed E-state index contributed by atoms with van der Waals surface area (Å²) in [6.45, 7) is 1.22. The molecule has 4 heteroatoms. The predicted octanol–water partition coefficient (Wildman–Crippen LogP) is 2.94. The van der Waals surface area contributed by atoms with Gasteiger partial charge < -0.3 is 10.2 Å². The van der Waals surface area contributed by atoms with Gasteiger partial charge in [0.1, 0.15) is 0 Å². The second kappa shape index (κ2) is 6.96. The van der Waals surface area contributed by atoms with Crippen LogP contribution in [0.3, 0.4) is 0 Å². The summed E-state index contributed by atoms with van der Waals surface area (Å²) in [5.74, 6) is -2.45. The van der Waals surface area contributed by atoms with Crippen LogP contribution in [0.1, 0.15) is 6.92 Å². The third-order valence-electron chi connectivity index (χ3n) is 2.34. The highest BCUT2D eigenvalue weighted by Gasteiger charge is 2.00. The van der Waals surface area contributed by atoms with E-state index in [1.165, 1.54) is 17.7 Å². The van der Waals surface area contributed by atoms with E-state index in [-0.39, 0.29) is 5.57 Å². The maximum Gasteiger partial charge on any atom is 0.331 e. The van der Waals surface area contributed by atoms with Crippen LogP contribution in [0.4, 0.5) is 0 Å². The van der Waals surface area contributed by atoms with E-state index in [1.54, 1.807) is 0 Å². The van der Waals surface area contributed by atoms with Crippen molar-refractivity contribution in [1.29, 1.82) is 0 Å². The van der Waals surface area contributed by atoms with Gasteiger partial charge in [-0.05, 0) is 17.7 Å². The Hall–Kier alpha value is -2.62. The predicted molar refractivity (Wildman–Crippen MR) is 73.0 cm³/mol. The SMILES string of the molecule is CC(=CC(=O)O)C(=O)O.c1ccc2ccccc2c1. The molecule has 0 bridgehead atoms. The summed E-state index contributed by atoms with van der Waals surface area (Å²) in [6, 6.07) is 16.7. The van der Waals surface area contributed by atoms with Crippen LogP contribution < -0.4 is 0 Å². The minimum absolute atomic E-state index is 0.178. The van der Waals surface area contributed by atoms with Gasteiger partial charge in [0, 0.05) is 11.6 Å². The van der Waals surface area contributed by atoms with Crippen molar-refractivity contribution in [1.82, 2.24) is 0 Å². The van der Waals surface area contributed by atoms with Crippen molar-refractivity contribution >= 4 is 22.7 Å². The third-order valence-corrected chi connectivity index (χ3v) is 2.34. The van der Waals surface area contributed by atoms with Crippen LogP contribution in [0, 0.1) is 0 Å². The van der Waals surface area contributed by atoms with E-state index in [9.17, 15) is 9.59 Å². The molecule has 0 fully saturated rings. The molecule has 0 aliphatic carbocycles. The zero-order chi connectivity index (χ0) is 14.3. The minimum atomic E-state index is -1.24. The van der Waals surface area contributed by atoms with Gasteiger partial charge >= 0.3 is 11.9 Å². The first kappa shape index (κ1) is 14.4. The quantitative estimate of drug-likeness (QED) is 0.812. The second-order valence-corrected chi connectivity index (χ2v) is 3.82. The largest absolute Gasteiger partial charge is 0.478 e. The third kappa shape index (κ3) is 5.04. The Morgan fingerprint density at radius 3 is 1.47 bits per heavy atom. The first-order valence-electron chi connectivity index (χ1n) is 5.59. The zero-order valence-corrected chi connectivity index (χ0v) is 10.4. The van der Waals surface area contributed by atoms with E-state index >= 15 is 0 Å². The number of carbonyl (C=O) groups is 2. The molecule has 2 rings (SSSR count). The van der Waals surface area contributed by atoms with E-state index < -0.39 is 11.9 Å². The number of benzene rings is 2. The van der Waals surface area contributed by atoms with Gasteiger partial charge in [0.2, 0.25) is 0 Å². The van der Waals surface area contributed by atoms with Gasteiger partial charge in [-0.15, -0.1) is 0 Å². The Kier molecular flexibility index (Phi) is 5.29. The summed E-state index contributed by atoms with van der Waals surface area (Å²) in [5.41, 5.74) is -0.178. The highest BCUT2D eigenvalue weighted by molar-refractivity contribution is 5.94. The molecule has 0 spiro atoms. The molecule has 0 atom stereocenters. The molecule has 0 saturated heterocycles. The fourth-order valence-corrected chi connectivity index (χ4v) is 1.38. The average Bonchev–Trinajstić information content (AvgIpc) is 2.39. The summed E-state index contributed by atoms with van der Waals surface area (Å²) < 4.78 is 0. The second-order valence-electron chi connectivity index (χ2n) is 3.82. The van der Waals surface area contributed by atoms with Crippen LogP contribution in [0.25, 0.3) is 10.8 Å². The van der Waals surface area contributed by atoms with Crippen molar-refractivity contribution in [2.24, 2.45) is 0 Å². The molecule has 98 valence electrons. The van der Waals surface area contributed by atoms with E-state index in [2.05, 4.69) is 48.5 Å². The number of hydrogen-bond acceptors (Lipinski definition) is 2. The number of carboxylic acid groups (broad SMARTS) is 2. The summed E-state index contributed by atoms with van der Waals surface area (Å²) in [4.78, 5) is 19.7. The number of rotatable bonds is 2. The first-order valence-corrected chi connectivity index (χ1v) is 5.59. The Labute approximate surface area is 110 Å². The van der Waals surface area contributed by atoms with Gasteiger partial charge in [0.25, 0.3) is 0 Å². The van der Waals surface area contributed by atoms with Crippen molar-refractivity contribution in [2.75, 3.05) is 0 Å². The topological polar surface area (TPSA) is 74.6 Å². The zero-order valence-electron chi connectivity index (χ0n) is 10.4. The Bertz CT molecular complexity index is 549. The maximum absolute atomic E-state index is 9.90. The summed E-state index contributed by atoms with van der Waals surface area (Å²) in [7, 11) is 0. The molecule has 0 amide bonds. The average molecular weight is 258 g/mol. The molecule has 0 heterocycles. The standard InChI is InChI=1S/C10H8.C5H6O4/c1-2-6-10-8-4-3-7-9(10)5-1;1-3(5(8)9)2-4(6)7/h1-8H;2H,1H3,(H,6,7)(H,8,9). The van der Waals surface area contributed by atoms with Gasteiger partial charge in [-0.2, -0.15) is 0 Å². The molecular weight excluding hydrogens is 244 g/mol. The Morgan fingerprint density at radius 2 is 1.26 bits per heavy atom. The molecule has 0 aliphatic rings. The number of fused-ring (bicyclic) bond motifs is 1. The fourth-order valence-electron chi connectivity index (χ4n) is 1.38. The number of aliphatic carboxylic acids is 2. The maximum atomic E-state index is 9.90. The number of hydrogen-bond donors (Lipinski definition) is 2. The molecule has 19 heavy (non-hydrogen) atoms. The smallest absolute Gasteiger partial charge is 0.331 e. The van der Waals surface area contributed by atoms with Crippen molar-refractivity contribution < 1.29 is 19.8 Å². The van der Waals surface area contributed by atoms with Crippen molar-refractivity contribution in [3.05, 3.63) is 60.2 Å². The molecule has 0 aromatic heterocycles. The van der Waals surface area contributed by atoms with Crippen molar-refractivity contribution in [2.45, 2.75) is 6.92 Å². The lowest BCUT2D eigenvalue weighted by Gasteiger charge is -1.92. The van der Waals surface area contributed by atoms with E-state index in [0.29, 0.717) is 6.08 Å². The highest BCUT2D eigenvalue weighted by Crippen LogP contribution is 2.11. The molecule has 2 N–H and O–H groups in total. The molecule has 2 aromatic carbocycles. The van der Waals surface area contributed by atoms with Crippen LogP contribution in [0.2, 0.25) is 0 Å². The van der Waals surface area contributed by atoms with Crippen molar-refractivity contribution in [3.63, 3.8) is 0 Å². The molecule has 0 radical (unpaired) electrons. The highest BCUT2D eigenvalue weighted by atomic mass is 16.4. The van der Waals surface area contributed by atoms with Gasteiger partial charge in [0.15, 0.2) is 0 Å². The van der Waals surface area contributed by atoms with E-state index in [0.717, 1.165) is 0 Å². The normalized spacial score (nSPS) is 10.5. The Balaban J connectivity index is 0.000000192. The monoisotopic (exact) mass is 258 g/mol. The van der Waals surface area contributed by atoms with Crippen LogP contribution in [0.5, 0.6) is 0 Å². The Morgan fingerprint density at radius 1 is 0.895 bits per heavy atom. The van der Waals surface area contributed by atoms with Gasteiger partial charge in [0.05, 0.1) is 0 Å². The first-order chi connectivity index (χ1) is 9.00. The van der Waals surface area contributed by atoms with E-state index in [1.807, 2.05) is 0 Å². The molecule has 0 unspecified atom stereocenters. The summed E-state index contributed by atoms with van der Waals surface area (Å²) in [6.07, 6.45) is 0.641. The van der Waals surface area contributed by atoms with Gasteiger partial charge in [-0.25, -0.2) is 9.59 Å². The summed E-state index contributed by atoms with van der Waals surface area (Å²) >= 11 is 0. The van der Waals surface area contributed by atoms with Crippen molar-refractivity contribution in [3.8, 4) is 0 Å². The minimum Gasteiger partial charge on any atom is -0.478 e. The van der Waals surface area contributed by atoms with E-state index in [4.69, 9.17) is 10.2 Å². The molecule has 0 saturated carbocycles. The van der Waals surface area contributed by atoms with Gasteiger partial charge in [-0.1, -0.05) is 48.5 Å². The van der Waals surface area contributed by atoms with Crippen LogP contribution in [0.15, 0.2) is 60.2 Å². The van der Waals surface area contributed by atoms with Gasteiger partial charge in [-0.3, -0.25) is 0 Å². The van der Waals surface area contributed by atoms with Crippen LogP contribution >= 0.6 is 0 Å². The molecule has 4 nitrogen and oxygen atoms in total. The summed E-state index contributed by atoms with van der Waals surface area (Å²) in [5, 5.41) is 18.7. The lowest BCUT2D eigenvalue weighted by molar-refractivity contribution is -0.135. The fraction of sp³-hybridized carbons (Fsp3) is 0.0667. The van der Waals surface area contributed by atoms with Crippen LogP contribution in [-0.2, 0) is 9.59 Å². The molecule has 0 aliphatic heterocycles. The van der Waals surface area contributed by atoms with Crippen LogP contribution in [-0.4, -0.2) is 22.2 Å². The molecule has 2 aromatic rings. The molecular formula is C15H14O4. The lowest BCUT2D eigenvalue weighted by atomic mass is 10.1. The lowest BCUT2D eigenvalue weighted by Crippen LogP contribution is -1.99. The number of carboxylic acids is 2.